The normalized spacial score (nSPS) is 23.6. The summed E-state index contributed by atoms with van der Waals surface area (Å²) < 4.78 is 6.26. The maximum atomic E-state index is 6.26. The minimum Gasteiger partial charge on any atom is -0.460 e. The van der Waals surface area contributed by atoms with Crippen molar-refractivity contribution < 1.29 is 4.42 Å². The third-order valence-electron chi connectivity index (χ3n) is 6.54. The van der Waals surface area contributed by atoms with E-state index in [1.165, 1.54) is 54.6 Å². The minimum absolute atomic E-state index is 0.295. The molecule has 3 aromatic rings. The molecule has 0 saturated carbocycles. The quantitative estimate of drug-likeness (QED) is 0.596. The van der Waals surface area contributed by atoms with E-state index in [2.05, 4.69) is 66.2 Å². The zero-order valence-electron chi connectivity index (χ0n) is 16.3. The lowest BCUT2D eigenvalue weighted by Crippen LogP contribution is -2.35. The van der Waals surface area contributed by atoms with E-state index in [4.69, 9.17) is 4.42 Å². The van der Waals surface area contributed by atoms with Gasteiger partial charge in [-0.25, -0.2) is 0 Å². The van der Waals surface area contributed by atoms with Gasteiger partial charge in [0.05, 0.1) is 5.92 Å². The molecule has 1 aromatic heterocycles. The maximum absolute atomic E-state index is 6.26. The summed E-state index contributed by atoms with van der Waals surface area (Å²) in [5.41, 5.74) is 5.26. The van der Waals surface area contributed by atoms with Gasteiger partial charge in [0.2, 0.25) is 0 Å². The Labute approximate surface area is 161 Å². The number of piperidine rings is 1. The Morgan fingerprint density at radius 1 is 0.926 bits per heavy atom. The third-order valence-corrected chi connectivity index (χ3v) is 6.54. The Morgan fingerprint density at radius 3 is 2.56 bits per heavy atom. The van der Waals surface area contributed by atoms with Crippen molar-refractivity contribution in [2.75, 3.05) is 31.6 Å². The molecule has 5 rings (SSSR count). The summed E-state index contributed by atoms with van der Waals surface area (Å²) in [7, 11) is 2.23. The van der Waals surface area contributed by atoms with Crippen molar-refractivity contribution in [3.8, 4) is 0 Å². The highest BCUT2D eigenvalue weighted by atomic mass is 16.3. The van der Waals surface area contributed by atoms with Crippen LogP contribution < -0.4 is 4.90 Å². The van der Waals surface area contributed by atoms with Crippen LogP contribution in [0.2, 0.25) is 0 Å². The summed E-state index contributed by atoms with van der Waals surface area (Å²) in [6.45, 7) is 5.71. The number of para-hydroxylation sites is 1. The van der Waals surface area contributed by atoms with Gasteiger partial charge in [-0.15, -0.1) is 0 Å². The first kappa shape index (κ1) is 16.9. The van der Waals surface area contributed by atoms with E-state index in [1.54, 1.807) is 0 Å². The first-order chi connectivity index (χ1) is 13.2. The fraction of sp³-hybridized carbons (Fsp3) is 0.417. The summed E-state index contributed by atoms with van der Waals surface area (Å²) in [5, 5.41) is 1.19. The molecular weight excluding hydrogens is 332 g/mol. The molecule has 0 aliphatic carbocycles. The van der Waals surface area contributed by atoms with E-state index in [9.17, 15) is 0 Å². The molecule has 2 unspecified atom stereocenters. The summed E-state index contributed by atoms with van der Waals surface area (Å²) >= 11 is 0. The first-order valence-corrected chi connectivity index (χ1v) is 10.3. The molecule has 0 spiro atoms. The van der Waals surface area contributed by atoms with Gasteiger partial charge < -0.3 is 9.32 Å². The average molecular weight is 361 g/mol. The third kappa shape index (κ3) is 2.94. The van der Waals surface area contributed by atoms with Gasteiger partial charge in [-0.3, -0.25) is 4.90 Å². The summed E-state index contributed by atoms with van der Waals surface area (Å²) in [6, 6.07) is 18.1. The van der Waals surface area contributed by atoms with Crippen molar-refractivity contribution in [1.29, 1.82) is 0 Å². The van der Waals surface area contributed by atoms with Crippen molar-refractivity contribution in [2.24, 2.45) is 0 Å². The standard InChI is InChI=1S/C24H28N2O/c1-17-21-15-19(26-12-6-3-7-13-26)10-11-20(21)22(16-25(17)2)24-14-18-8-4-5-9-23(18)27-24/h4-5,8-11,14-15,17,22H,3,6-7,12-13,16H2,1-2H3. The molecule has 0 bridgehead atoms. The van der Waals surface area contributed by atoms with Gasteiger partial charge in [-0.05, 0) is 68.6 Å². The molecule has 140 valence electrons. The molecule has 0 N–H and O–H groups in total. The summed E-state index contributed by atoms with van der Waals surface area (Å²) in [4.78, 5) is 5.02. The molecule has 2 aromatic carbocycles. The lowest BCUT2D eigenvalue weighted by molar-refractivity contribution is 0.226. The van der Waals surface area contributed by atoms with E-state index in [-0.39, 0.29) is 0 Å². The van der Waals surface area contributed by atoms with Gasteiger partial charge in [0.15, 0.2) is 0 Å². The van der Waals surface area contributed by atoms with Crippen molar-refractivity contribution >= 4 is 16.7 Å². The molecule has 3 heterocycles. The predicted molar refractivity (Wildman–Crippen MR) is 112 cm³/mol. The Hall–Kier alpha value is -2.26. The van der Waals surface area contributed by atoms with Crippen LogP contribution in [0.5, 0.6) is 0 Å². The molecular formula is C24H28N2O. The number of nitrogens with zero attached hydrogens (tertiary/aromatic N) is 2. The highest BCUT2D eigenvalue weighted by Gasteiger charge is 2.32. The van der Waals surface area contributed by atoms with Gasteiger partial charge in [0, 0.05) is 36.7 Å². The topological polar surface area (TPSA) is 19.6 Å². The van der Waals surface area contributed by atoms with Gasteiger partial charge in [-0.1, -0.05) is 24.3 Å². The van der Waals surface area contributed by atoms with Gasteiger partial charge in [-0.2, -0.15) is 0 Å². The maximum Gasteiger partial charge on any atom is 0.134 e. The molecule has 2 aliphatic heterocycles. The van der Waals surface area contributed by atoms with Crippen molar-refractivity contribution in [1.82, 2.24) is 4.90 Å². The monoisotopic (exact) mass is 360 g/mol. The molecule has 2 atom stereocenters. The number of hydrogen-bond acceptors (Lipinski definition) is 3. The molecule has 1 fully saturated rings. The smallest absolute Gasteiger partial charge is 0.134 e. The van der Waals surface area contributed by atoms with Crippen LogP contribution in [0.1, 0.15) is 55.0 Å². The highest BCUT2D eigenvalue weighted by Crippen LogP contribution is 2.41. The van der Waals surface area contributed by atoms with Gasteiger partial charge in [0.1, 0.15) is 11.3 Å². The number of hydrogen-bond donors (Lipinski definition) is 0. The zero-order valence-corrected chi connectivity index (χ0v) is 16.3. The summed E-state index contributed by atoms with van der Waals surface area (Å²) in [6.07, 6.45) is 4.00. The van der Waals surface area contributed by atoms with E-state index >= 15 is 0 Å². The van der Waals surface area contributed by atoms with E-state index in [0.29, 0.717) is 12.0 Å². The summed E-state index contributed by atoms with van der Waals surface area (Å²) in [5.74, 6) is 1.38. The van der Waals surface area contributed by atoms with Crippen LogP contribution in [0, 0.1) is 0 Å². The van der Waals surface area contributed by atoms with E-state index < -0.39 is 0 Å². The minimum atomic E-state index is 0.295. The number of anilines is 1. The number of rotatable bonds is 2. The van der Waals surface area contributed by atoms with Crippen LogP contribution in [0.4, 0.5) is 5.69 Å². The first-order valence-electron chi connectivity index (χ1n) is 10.3. The second-order valence-corrected chi connectivity index (χ2v) is 8.22. The highest BCUT2D eigenvalue weighted by molar-refractivity contribution is 5.78. The van der Waals surface area contributed by atoms with E-state index in [1.807, 2.05) is 6.07 Å². The number of furan rings is 1. The number of benzene rings is 2. The van der Waals surface area contributed by atoms with Crippen molar-refractivity contribution in [3.63, 3.8) is 0 Å². The largest absolute Gasteiger partial charge is 0.460 e. The van der Waals surface area contributed by atoms with Crippen LogP contribution in [0.25, 0.3) is 11.0 Å². The molecule has 3 nitrogen and oxygen atoms in total. The van der Waals surface area contributed by atoms with Crippen LogP contribution in [-0.2, 0) is 0 Å². The molecule has 27 heavy (non-hydrogen) atoms. The van der Waals surface area contributed by atoms with Gasteiger partial charge in [0.25, 0.3) is 0 Å². The second-order valence-electron chi connectivity index (χ2n) is 8.22. The van der Waals surface area contributed by atoms with Crippen molar-refractivity contribution in [2.45, 2.75) is 38.1 Å². The predicted octanol–water partition coefficient (Wildman–Crippen LogP) is 5.56. The van der Waals surface area contributed by atoms with Crippen LogP contribution >= 0.6 is 0 Å². The van der Waals surface area contributed by atoms with Gasteiger partial charge >= 0.3 is 0 Å². The van der Waals surface area contributed by atoms with Crippen LogP contribution in [-0.4, -0.2) is 31.6 Å². The Kier molecular flexibility index (Phi) is 4.20. The zero-order chi connectivity index (χ0) is 18.4. The Balaban J connectivity index is 1.56. The number of likely N-dealkylation sites (N-methyl/N-ethyl adjacent to an activating group) is 1. The molecule has 2 aliphatic rings. The Morgan fingerprint density at radius 2 is 1.74 bits per heavy atom. The molecule has 1 saturated heterocycles. The SMILES string of the molecule is CC1c2cc(N3CCCCC3)ccc2C(c2cc3ccccc3o2)CN1C. The fourth-order valence-electron chi connectivity index (χ4n) is 4.79. The van der Waals surface area contributed by atoms with Crippen LogP contribution in [0.3, 0.4) is 0 Å². The molecule has 3 heteroatoms. The molecule has 0 radical (unpaired) electrons. The van der Waals surface area contributed by atoms with Crippen molar-refractivity contribution in [3.05, 3.63) is 65.4 Å². The number of fused-ring (bicyclic) bond motifs is 2. The van der Waals surface area contributed by atoms with E-state index in [0.717, 1.165) is 17.9 Å². The molecule has 0 amide bonds. The Bertz CT molecular complexity index is 921. The van der Waals surface area contributed by atoms with Crippen LogP contribution in [0.15, 0.2) is 52.9 Å². The average Bonchev–Trinajstić information content (AvgIpc) is 3.15. The fourth-order valence-corrected chi connectivity index (χ4v) is 4.79. The lowest BCUT2D eigenvalue weighted by atomic mass is 9.84. The second kappa shape index (κ2) is 6.72. The lowest BCUT2D eigenvalue weighted by Gasteiger charge is -2.38.